The average Bonchev–Trinajstić information content (AvgIpc) is 2.73. The lowest BCUT2D eigenvalue weighted by atomic mass is 10.0. The Hall–Kier alpha value is -3.03. The lowest BCUT2D eigenvalue weighted by molar-refractivity contribution is 0.102. The molecule has 1 aromatic heterocycles. The van der Waals surface area contributed by atoms with Gasteiger partial charge in [0.1, 0.15) is 5.82 Å². The molecule has 6 nitrogen and oxygen atoms in total. The van der Waals surface area contributed by atoms with Gasteiger partial charge in [-0.15, -0.1) is 0 Å². The number of fused-ring (bicyclic) bond motifs is 1. The van der Waals surface area contributed by atoms with Crippen molar-refractivity contribution in [1.29, 1.82) is 0 Å². The molecule has 0 saturated heterocycles. The van der Waals surface area contributed by atoms with E-state index in [0.717, 1.165) is 11.1 Å². The van der Waals surface area contributed by atoms with Gasteiger partial charge in [0, 0.05) is 24.8 Å². The lowest BCUT2D eigenvalue weighted by Gasteiger charge is -2.28. The summed E-state index contributed by atoms with van der Waals surface area (Å²) in [5, 5.41) is 2.72. The molecule has 0 saturated carbocycles. The third-order valence-electron chi connectivity index (χ3n) is 5.01. The number of benzene rings is 2. The van der Waals surface area contributed by atoms with Gasteiger partial charge < -0.3 is 5.32 Å². The van der Waals surface area contributed by atoms with Gasteiger partial charge in [0.05, 0.1) is 4.90 Å². The van der Waals surface area contributed by atoms with E-state index in [1.807, 2.05) is 37.3 Å². The van der Waals surface area contributed by atoms with E-state index in [1.54, 1.807) is 12.3 Å². The van der Waals surface area contributed by atoms with E-state index in [-0.39, 0.29) is 10.8 Å². The summed E-state index contributed by atoms with van der Waals surface area (Å²) in [7, 11) is -3.62. The Kier molecular flexibility index (Phi) is 5.17. The number of anilines is 1. The second kappa shape index (κ2) is 7.77. The van der Waals surface area contributed by atoms with Crippen molar-refractivity contribution in [3.05, 3.63) is 89.1 Å². The number of sulfonamides is 1. The minimum atomic E-state index is -3.62. The average molecular weight is 407 g/mol. The number of amides is 1. The Morgan fingerprint density at radius 2 is 1.76 bits per heavy atom. The van der Waals surface area contributed by atoms with Crippen LogP contribution in [0.15, 0.2) is 71.8 Å². The highest BCUT2D eigenvalue weighted by atomic mass is 32.2. The standard InChI is InChI=1S/C22H21N3O3S/c1-16-10-12-23-21(14-16)24-22(26)18-6-8-20(9-7-18)29(27,28)25-13-11-17-4-2-3-5-19(17)15-25/h2-10,12,14H,11,13,15H2,1H3,(H,23,24,26). The smallest absolute Gasteiger partial charge is 0.256 e. The summed E-state index contributed by atoms with van der Waals surface area (Å²) in [6.07, 6.45) is 2.32. The van der Waals surface area contributed by atoms with Crippen LogP contribution in [0, 0.1) is 6.92 Å². The van der Waals surface area contributed by atoms with E-state index in [2.05, 4.69) is 10.3 Å². The lowest BCUT2D eigenvalue weighted by Crippen LogP contribution is -2.35. The van der Waals surface area contributed by atoms with Crippen molar-refractivity contribution in [3.8, 4) is 0 Å². The third-order valence-corrected chi connectivity index (χ3v) is 6.87. The molecule has 7 heteroatoms. The van der Waals surface area contributed by atoms with E-state index in [4.69, 9.17) is 0 Å². The molecule has 1 aliphatic heterocycles. The molecule has 1 N–H and O–H groups in total. The van der Waals surface area contributed by atoms with Gasteiger partial charge in [0.2, 0.25) is 10.0 Å². The van der Waals surface area contributed by atoms with Crippen molar-refractivity contribution >= 4 is 21.7 Å². The predicted octanol–water partition coefficient (Wildman–Crippen LogP) is 3.39. The van der Waals surface area contributed by atoms with E-state index in [9.17, 15) is 13.2 Å². The maximum atomic E-state index is 13.0. The van der Waals surface area contributed by atoms with Crippen molar-refractivity contribution in [2.75, 3.05) is 11.9 Å². The van der Waals surface area contributed by atoms with E-state index in [1.165, 1.54) is 34.1 Å². The van der Waals surface area contributed by atoms with Crippen molar-refractivity contribution < 1.29 is 13.2 Å². The van der Waals surface area contributed by atoms with Crippen LogP contribution in [-0.2, 0) is 23.0 Å². The Labute approximate surface area is 170 Å². The predicted molar refractivity (Wildman–Crippen MR) is 111 cm³/mol. The monoisotopic (exact) mass is 407 g/mol. The number of pyridine rings is 1. The molecule has 1 aliphatic rings. The van der Waals surface area contributed by atoms with Crippen LogP contribution in [0.1, 0.15) is 27.0 Å². The Morgan fingerprint density at radius 3 is 2.48 bits per heavy atom. The second-order valence-electron chi connectivity index (χ2n) is 7.05. The van der Waals surface area contributed by atoms with Crippen molar-refractivity contribution in [2.45, 2.75) is 24.8 Å². The number of rotatable bonds is 4. The van der Waals surface area contributed by atoms with Crippen LogP contribution in [0.4, 0.5) is 5.82 Å². The van der Waals surface area contributed by atoms with E-state index in [0.29, 0.717) is 30.9 Å². The van der Waals surface area contributed by atoms with Crippen LogP contribution in [-0.4, -0.2) is 30.2 Å². The molecule has 2 aromatic carbocycles. The van der Waals surface area contributed by atoms with Crippen LogP contribution in [0.25, 0.3) is 0 Å². The Morgan fingerprint density at radius 1 is 1.03 bits per heavy atom. The maximum Gasteiger partial charge on any atom is 0.256 e. The number of aryl methyl sites for hydroxylation is 1. The van der Waals surface area contributed by atoms with Crippen LogP contribution in [0.2, 0.25) is 0 Å². The fourth-order valence-corrected chi connectivity index (χ4v) is 4.81. The normalized spacial score (nSPS) is 14.2. The van der Waals surface area contributed by atoms with Gasteiger partial charge in [-0.2, -0.15) is 4.31 Å². The van der Waals surface area contributed by atoms with Crippen molar-refractivity contribution in [2.24, 2.45) is 0 Å². The number of nitrogens with one attached hydrogen (secondary N) is 1. The van der Waals surface area contributed by atoms with Crippen LogP contribution >= 0.6 is 0 Å². The maximum absolute atomic E-state index is 13.0. The number of nitrogens with zero attached hydrogens (tertiary/aromatic N) is 2. The van der Waals surface area contributed by atoms with E-state index >= 15 is 0 Å². The first-order valence-electron chi connectivity index (χ1n) is 9.34. The van der Waals surface area contributed by atoms with Crippen LogP contribution in [0.5, 0.6) is 0 Å². The highest BCUT2D eigenvalue weighted by Crippen LogP contribution is 2.25. The van der Waals surface area contributed by atoms with E-state index < -0.39 is 10.0 Å². The number of hydrogen-bond donors (Lipinski definition) is 1. The van der Waals surface area contributed by atoms with Gasteiger partial charge in [-0.05, 0) is 66.4 Å². The number of carbonyl (C=O) groups excluding carboxylic acids is 1. The summed E-state index contributed by atoms with van der Waals surface area (Å²) in [4.78, 5) is 16.7. The second-order valence-corrected chi connectivity index (χ2v) is 8.99. The van der Waals surface area contributed by atoms with Crippen LogP contribution in [0.3, 0.4) is 0 Å². The summed E-state index contributed by atoms with van der Waals surface area (Å²) in [6, 6.07) is 17.5. The molecule has 4 rings (SSSR count). The molecule has 0 fully saturated rings. The van der Waals surface area contributed by atoms with Gasteiger partial charge in [0.25, 0.3) is 5.91 Å². The highest BCUT2D eigenvalue weighted by Gasteiger charge is 2.28. The molecular weight excluding hydrogens is 386 g/mol. The molecule has 0 aliphatic carbocycles. The van der Waals surface area contributed by atoms with Gasteiger partial charge in [0.15, 0.2) is 0 Å². The minimum Gasteiger partial charge on any atom is -0.307 e. The molecule has 148 valence electrons. The summed E-state index contributed by atoms with van der Waals surface area (Å²) in [5.74, 6) is 0.123. The van der Waals surface area contributed by atoms with Crippen LogP contribution < -0.4 is 5.32 Å². The topological polar surface area (TPSA) is 79.4 Å². The molecule has 0 bridgehead atoms. The molecule has 1 amide bonds. The molecule has 0 unspecified atom stereocenters. The molecule has 0 atom stereocenters. The molecular formula is C22H21N3O3S. The summed E-state index contributed by atoms with van der Waals surface area (Å²) < 4.78 is 27.5. The third kappa shape index (κ3) is 4.06. The first kappa shape index (κ1) is 19.3. The molecule has 29 heavy (non-hydrogen) atoms. The molecule has 3 aromatic rings. The Balaban J connectivity index is 1.50. The first-order valence-corrected chi connectivity index (χ1v) is 10.8. The summed E-state index contributed by atoms with van der Waals surface area (Å²) >= 11 is 0. The minimum absolute atomic E-state index is 0.183. The summed E-state index contributed by atoms with van der Waals surface area (Å²) in [5.41, 5.74) is 3.58. The zero-order chi connectivity index (χ0) is 20.4. The molecule has 0 spiro atoms. The SMILES string of the molecule is Cc1ccnc(NC(=O)c2ccc(S(=O)(=O)N3CCc4ccccc4C3)cc2)c1. The van der Waals surface area contributed by atoms with Gasteiger partial charge >= 0.3 is 0 Å². The first-order chi connectivity index (χ1) is 13.9. The fraction of sp³-hybridized carbons (Fsp3) is 0.182. The largest absolute Gasteiger partial charge is 0.307 e. The summed E-state index contributed by atoms with van der Waals surface area (Å²) in [6.45, 7) is 2.72. The fourth-order valence-electron chi connectivity index (χ4n) is 3.40. The number of carbonyl (C=O) groups is 1. The highest BCUT2D eigenvalue weighted by molar-refractivity contribution is 7.89. The van der Waals surface area contributed by atoms with Gasteiger partial charge in [-0.1, -0.05) is 24.3 Å². The van der Waals surface area contributed by atoms with Gasteiger partial charge in [-0.3, -0.25) is 4.79 Å². The number of hydrogen-bond acceptors (Lipinski definition) is 4. The van der Waals surface area contributed by atoms with Crippen molar-refractivity contribution in [1.82, 2.24) is 9.29 Å². The molecule has 2 heterocycles. The quantitative estimate of drug-likeness (QED) is 0.719. The number of aromatic nitrogens is 1. The zero-order valence-electron chi connectivity index (χ0n) is 16.0. The molecule has 0 radical (unpaired) electrons. The van der Waals surface area contributed by atoms with Crippen molar-refractivity contribution in [3.63, 3.8) is 0 Å². The zero-order valence-corrected chi connectivity index (χ0v) is 16.8. The van der Waals surface area contributed by atoms with Gasteiger partial charge in [-0.25, -0.2) is 13.4 Å². The Bertz CT molecular complexity index is 1160.